The lowest BCUT2D eigenvalue weighted by Gasteiger charge is -2.07. The SMILES string of the molecule is Cn1cncc1Cn1ccc(-c2ccccc2)cc1=O. The normalized spacial score (nSPS) is 10.7. The number of imidazole rings is 1. The number of aromatic nitrogens is 3. The molecule has 0 fully saturated rings. The highest BCUT2D eigenvalue weighted by Gasteiger charge is 2.04. The van der Waals surface area contributed by atoms with Crippen molar-refractivity contribution < 1.29 is 0 Å². The summed E-state index contributed by atoms with van der Waals surface area (Å²) in [6, 6.07) is 13.5. The van der Waals surface area contributed by atoms with Gasteiger partial charge in [-0.25, -0.2) is 4.98 Å². The molecule has 3 rings (SSSR count). The van der Waals surface area contributed by atoms with E-state index < -0.39 is 0 Å². The van der Waals surface area contributed by atoms with Crippen molar-refractivity contribution in [1.29, 1.82) is 0 Å². The minimum atomic E-state index is -0.00690. The highest BCUT2D eigenvalue weighted by Crippen LogP contribution is 2.16. The lowest BCUT2D eigenvalue weighted by atomic mass is 10.1. The summed E-state index contributed by atoms with van der Waals surface area (Å²) < 4.78 is 3.60. The van der Waals surface area contributed by atoms with Crippen LogP contribution < -0.4 is 5.56 Å². The molecule has 0 atom stereocenters. The highest BCUT2D eigenvalue weighted by atomic mass is 16.1. The van der Waals surface area contributed by atoms with E-state index in [1.54, 1.807) is 23.2 Å². The Hall–Kier alpha value is -2.62. The monoisotopic (exact) mass is 265 g/mol. The smallest absolute Gasteiger partial charge is 0.251 e. The average Bonchev–Trinajstić information content (AvgIpc) is 2.87. The van der Waals surface area contributed by atoms with Crippen LogP contribution in [0, 0.1) is 0 Å². The van der Waals surface area contributed by atoms with Gasteiger partial charge in [-0.15, -0.1) is 0 Å². The van der Waals surface area contributed by atoms with Gasteiger partial charge < -0.3 is 9.13 Å². The Balaban J connectivity index is 1.93. The van der Waals surface area contributed by atoms with Crippen molar-refractivity contribution in [1.82, 2.24) is 14.1 Å². The van der Waals surface area contributed by atoms with Crippen LogP contribution in [0.25, 0.3) is 11.1 Å². The van der Waals surface area contributed by atoms with E-state index in [9.17, 15) is 4.79 Å². The Bertz CT molecular complexity index is 772. The fourth-order valence-corrected chi connectivity index (χ4v) is 2.16. The molecule has 0 radical (unpaired) electrons. The molecule has 0 aliphatic rings. The predicted octanol–water partition coefficient (Wildman–Crippen LogP) is 2.30. The maximum atomic E-state index is 12.2. The van der Waals surface area contributed by atoms with Gasteiger partial charge in [-0.2, -0.15) is 0 Å². The van der Waals surface area contributed by atoms with Crippen LogP contribution in [-0.4, -0.2) is 14.1 Å². The van der Waals surface area contributed by atoms with Gasteiger partial charge >= 0.3 is 0 Å². The molecule has 1 aromatic carbocycles. The molecular formula is C16H15N3O. The average molecular weight is 265 g/mol. The first-order valence-electron chi connectivity index (χ1n) is 6.45. The molecule has 2 heterocycles. The van der Waals surface area contributed by atoms with E-state index in [0.717, 1.165) is 16.8 Å². The van der Waals surface area contributed by atoms with E-state index in [1.165, 1.54) is 0 Å². The van der Waals surface area contributed by atoms with Crippen LogP contribution in [0.5, 0.6) is 0 Å². The van der Waals surface area contributed by atoms with Crippen molar-refractivity contribution in [3.8, 4) is 11.1 Å². The second-order valence-electron chi connectivity index (χ2n) is 4.74. The van der Waals surface area contributed by atoms with Crippen molar-refractivity contribution >= 4 is 0 Å². The molecule has 0 N–H and O–H groups in total. The maximum Gasteiger partial charge on any atom is 0.251 e. The van der Waals surface area contributed by atoms with Crippen molar-refractivity contribution in [3.63, 3.8) is 0 Å². The molecule has 0 amide bonds. The molecule has 0 spiro atoms. The zero-order valence-corrected chi connectivity index (χ0v) is 11.2. The van der Waals surface area contributed by atoms with E-state index in [0.29, 0.717) is 6.54 Å². The molecule has 4 heteroatoms. The van der Waals surface area contributed by atoms with Crippen LogP contribution in [-0.2, 0) is 13.6 Å². The largest absolute Gasteiger partial charge is 0.336 e. The summed E-state index contributed by atoms with van der Waals surface area (Å²) in [7, 11) is 1.92. The zero-order chi connectivity index (χ0) is 13.9. The molecule has 0 aliphatic carbocycles. The summed E-state index contributed by atoms with van der Waals surface area (Å²) in [5.74, 6) is 0. The predicted molar refractivity (Wildman–Crippen MR) is 78.4 cm³/mol. The Labute approximate surface area is 117 Å². The number of pyridine rings is 1. The quantitative estimate of drug-likeness (QED) is 0.729. The summed E-state index contributed by atoms with van der Waals surface area (Å²) in [6.07, 6.45) is 5.34. The third-order valence-corrected chi connectivity index (χ3v) is 3.35. The molecule has 0 saturated heterocycles. The van der Waals surface area contributed by atoms with Crippen molar-refractivity contribution in [2.75, 3.05) is 0 Å². The Kier molecular flexibility index (Phi) is 3.21. The van der Waals surface area contributed by atoms with Gasteiger partial charge in [0, 0.05) is 25.5 Å². The first-order chi connectivity index (χ1) is 9.74. The molecular weight excluding hydrogens is 250 g/mol. The summed E-state index contributed by atoms with van der Waals surface area (Å²) >= 11 is 0. The first kappa shape index (κ1) is 12.4. The number of benzene rings is 1. The lowest BCUT2D eigenvalue weighted by molar-refractivity contribution is 0.700. The zero-order valence-electron chi connectivity index (χ0n) is 11.2. The topological polar surface area (TPSA) is 39.8 Å². The Morgan fingerprint density at radius 1 is 1.10 bits per heavy atom. The second-order valence-corrected chi connectivity index (χ2v) is 4.74. The third kappa shape index (κ3) is 2.40. The lowest BCUT2D eigenvalue weighted by Crippen LogP contribution is -2.20. The summed E-state index contributed by atoms with van der Waals surface area (Å²) in [5.41, 5.74) is 2.99. The van der Waals surface area contributed by atoms with E-state index >= 15 is 0 Å². The first-order valence-corrected chi connectivity index (χ1v) is 6.45. The van der Waals surface area contributed by atoms with Gasteiger partial charge in [0.1, 0.15) is 0 Å². The van der Waals surface area contributed by atoms with Gasteiger partial charge in [0.2, 0.25) is 0 Å². The van der Waals surface area contributed by atoms with Crippen LogP contribution in [0.2, 0.25) is 0 Å². The van der Waals surface area contributed by atoms with E-state index in [-0.39, 0.29) is 5.56 Å². The number of aryl methyl sites for hydroxylation is 1. The van der Waals surface area contributed by atoms with Crippen molar-refractivity contribution in [2.45, 2.75) is 6.54 Å². The minimum absolute atomic E-state index is 0.00690. The summed E-state index contributed by atoms with van der Waals surface area (Å²) in [4.78, 5) is 16.2. The van der Waals surface area contributed by atoms with Crippen LogP contribution in [0.1, 0.15) is 5.69 Å². The molecule has 3 aromatic rings. The van der Waals surface area contributed by atoms with Crippen LogP contribution in [0.15, 0.2) is 66.0 Å². The van der Waals surface area contributed by atoms with E-state index in [2.05, 4.69) is 4.98 Å². The minimum Gasteiger partial charge on any atom is -0.336 e. The van der Waals surface area contributed by atoms with Crippen LogP contribution in [0.4, 0.5) is 0 Å². The number of hydrogen-bond acceptors (Lipinski definition) is 2. The fourth-order valence-electron chi connectivity index (χ4n) is 2.16. The third-order valence-electron chi connectivity index (χ3n) is 3.35. The maximum absolute atomic E-state index is 12.2. The molecule has 100 valence electrons. The van der Waals surface area contributed by atoms with Gasteiger partial charge in [-0.3, -0.25) is 4.79 Å². The number of rotatable bonds is 3. The second kappa shape index (κ2) is 5.17. The fraction of sp³-hybridized carbons (Fsp3) is 0.125. The molecule has 0 unspecified atom stereocenters. The van der Waals surface area contributed by atoms with Gasteiger partial charge in [0.15, 0.2) is 0 Å². The van der Waals surface area contributed by atoms with Crippen molar-refractivity contribution in [2.24, 2.45) is 7.05 Å². The summed E-state index contributed by atoms with van der Waals surface area (Å²) in [5, 5.41) is 0. The van der Waals surface area contributed by atoms with Crippen LogP contribution in [0.3, 0.4) is 0 Å². The molecule has 0 saturated carbocycles. The molecule has 0 aliphatic heterocycles. The molecule has 2 aromatic heterocycles. The number of nitrogens with zero attached hydrogens (tertiary/aromatic N) is 3. The van der Waals surface area contributed by atoms with E-state index in [1.807, 2.05) is 54.2 Å². The molecule has 4 nitrogen and oxygen atoms in total. The summed E-state index contributed by atoms with van der Waals surface area (Å²) in [6.45, 7) is 0.532. The van der Waals surface area contributed by atoms with Gasteiger partial charge in [-0.05, 0) is 17.2 Å². The van der Waals surface area contributed by atoms with Crippen LogP contribution >= 0.6 is 0 Å². The standard InChI is InChI=1S/C16H15N3O/c1-18-12-17-10-15(18)11-19-8-7-14(9-16(19)20)13-5-3-2-4-6-13/h2-10,12H,11H2,1H3. The van der Waals surface area contributed by atoms with E-state index in [4.69, 9.17) is 0 Å². The Morgan fingerprint density at radius 2 is 1.90 bits per heavy atom. The van der Waals surface area contributed by atoms with Gasteiger partial charge in [-0.1, -0.05) is 30.3 Å². The Morgan fingerprint density at radius 3 is 2.55 bits per heavy atom. The highest BCUT2D eigenvalue weighted by molar-refractivity contribution is 5.62. The van der Waals surface area contributed by atoms with Gasteiger partial charge in [0.25, 0.3) is 5.56 Å². The molecule has 20 heavy (non-hydrogen) atoms. The number of hydrogen-bond donors (Lipinski definition) is 0. The van der Waals surface area contributed by atoms with Gasteiger partial charge in [0.05, 0.1) is 18.6 Å². The molecule has 0 bridgehead atoms. The van der Waals surface area contributed by atoms with Crippen molar-refractivity contribution in [3.05, 3.63) is 77.2 Å².